The van der Waals surface area contributed by atoms with Gasteiger partial charge in [-0.15, -0.1) is 0 Å². The zero-order valence-corrected chi connectivity index (χ0v) is 30.7. The van der Waals surface area contributed by atoms with Crippen molar-refractivity contribution >= 4 is 69.9 Å². The molecule has 8 rings (SSSR count). The zero-order valence-electron chi connectivity index (χ0n) is 28.5. The average Bonchev–Trinajstić information content (AvgIpc) is 3.53. The molecule has 0 spiro atoms. The summed E-state index contributed by atoms with van der Waals surface area (Å²) in [5.74, 6) is -8.10. The van der Waals surface area contributed by atoms with Gasteiger partial charge in [0.1, 0.15) is 0 Å². The van der Waals surface area contributed by atoms with Crippen LogP contribution in [0.15, 0.2) is 90.6 Å². The maximum Gasteiger partial charge on any atom is 0.417 e. The second kappa shape index (κ2) is 13.3. The molecule has 0 unspecified atom stereocenters. The molecule has 0 bridgehead atoms. The van der Waals surface area contributed by atoms with E-state index < -0.39 is 81.2 Å². The minimum Gasteiger partial charge on any atom is -0.504 e. The number of rotatable bonds is 6. The van der Waals surface area contributed by atoms with Gasteiger partial charge in [0.2, 0.25) is 11.8 Å². The monoisotopic (exact) mass is 810 g/mol. The largest absolute Gasteiger partial charge is 0.504 e. The standard InChI is InChI=1S/C39H28Cl3F3N4O6/c1-55-29-4-2-3-25(32(29)50)31-23-13-14-24-30(36(53)48(34(24)51)22-11-9-21(41)10-12-22)26(23)16-27-35(52)49(37(54)38(27,31)18-5-7-20(40)8-6-18)47-33-28(42)15-19(17-46-33)39(43,44)45/h2-13,15,17,24,26-27,30-31,50H,14,16H2,1H3,(H,46,47)/t24-,26+,27-,30-,31+,38+/m0/s1. The van der Waals surface area contributed by atoms with Crippen LogP contribution in [0.5, 0.6) is 11.5 Å². The van der Waals surface area contributed by atoms with E-state index in [1.807, 2.05) is 6.08 Å². The quantitative estimate of drug-likeness (QED) is 0.148. The Bertz CT molecular complexity index is 2320. The molecule has 282 valence electrons. The summed E-state index contributed by atoms with van der Waals surface area (Å²) in [6.07, 6.45) is -2.42. The van der Waals surface area contributed by atoms with E-state index in [0.29, 0.717) is 44.1 Å². The Morgan fingerprint density at radius 1 is 0.909 bits per heavy atom. The third-order valence-corrected chi connectivity index (χ3v) is 12.0. The number of hydrogen-bond acceptors (Lipinski definition) is 8. The Labute approximate surface area is 326 Å². The minimum absolute atomic E-state index is 0.0743. The van der Waals surface area contributed by atoms with E-state index in [4.69, 9.17) is 39.5 Å². The van der Waals surface area contributed by atoms with Gasteiger partial charge in [-0.3, -0.25) is 29.5 Å². The highest BCUT2D eigenvalue weighted by molar-refractivity contribution is 6.33. The van der Waals surface area contributed by atoms with Crippen LogP contribution in [0, 0.1) is 23.7 Å². The highest BCUT2D eigenvalue weighted by Crippen LogP contribution is 2.65. The summed E-state index contributed by atoms with van der Waals surface area (Å²) in [4.78, 5) is 63.5. The number of para-hydroxylation sites is 1. The second-order valence-corrected chi connectivity index (χ2v) is 15.1. The van der Waals surface area contributed by atoms with E-state index in [1.54, 1.807) is 60.7 Å². The van der Waals surface area contributed by atoms with Gasteiger partial charge < -0.3 is 9.84 Å². The van der Waals surface area contributed by atoms with Crippen molar-refractivity contribution in [1.29, 1.82) is 0 Å². The molecular formula is C39H28Cl3F3N4O6. The molecule has 4 aliphatic rings. The Morgan fingerprint density at radius 3 is 2.22 bits per heavy atom. The number of halogens is 6. The minimum atomic E-state index is -4.77. The number of carbonyl (C=O) groups excluding carboxylic acids is 4. The van der Waals surface area contributed by atoms with Crippen LogP contribution in [0.2, 0.25) is 15.1 Å². The molecule has 4 amide bonds. The summed E-state index contributed by atoms with van der Waals surface area (Å²) in [5, 5.41) is 12.7. The Morgan fingerprint density at radius 2 is 1.58 bits per heavy atom. The molecule has 2 aliphatic heterocycles. The van der Waals surface area contributed by atoms with Crippen molar-refractivity contribution < 1.29 is 42.2 Å². The predicted molar refractivity (Wildman–Crippen MR) is 195 cm³/mol. The number of alkyl halides is 3. The molecule has 2 N–H and O–H groups in total. The van der Waals surface area contributed by atoms with Crippen molar-refractivity contribution in [2.45, 2.75) is 30.4 Å². The van der Waals surface area contributed by atoms with Crippen LogP contribution in [0.1, 0.15) is 35.4 Å². The normalized spacial score (nSPS) is 26.1. The predicted octanol–water partition coefficient (Wildman–Crippen LogP) is 7.96. The van der Waals surface area contributed by atoms with Crippen LogP contribution >= 0.6 is 34.8 Å². The fraction of sp³-hybridized carbons (Fsp3) is 0.256. The average molecular weight is 812 g/mol. The number of phenolic OH excluding ortho intramolecular Hbond substituents is 1. The Hall–Kier alpha value is -5.11. The summed E-state index contributed by atoms with van der Waals surface area (Å²) in [7, 11) is 1.36. The lowest BCUT2D eigenvalue weighted by atomic mass is 9.49. The zero-order chi connectivity index (χ0) is 39.1. The summed E-state index contributed by atoms with van der Waals surface area (Å²) in [5.41, 5.74) is 1.01. The number of phenols is 1. The number of aromatic hydroxyl groups is 1. The third kappa shape index (κ3) is 5.57. The van der Waals surface area contributed by atoms with E-state index in [9.17, 15) is 32.7 Å². The second-order valence-electron chi connectivity index (χ2n) is 13.8. The van der Waals surface area contributed by atoms with Gasteiger partial charge in [0.15, 0.2) is 17.3 Å². The maximum atomic E-state index is 15.3. The number of methoxy groups -OCH3 is 1. The van der Waals surface area contributed by atoms with E-state index >= 15 is 4.79 Å². The first-order chi connectivity index (χ1) is 26.2. The van der Waals surface area contributed by atoms with Crippen LogP contribution in [0.3, 0.4) is 0 Å². The summed E-state index contributed by atoms with van der Waals surface area (Å²) < 4.78 is 45.9. The molecule has 1 saturated carbocycles. The van der Waals surface area contributed by atoms with Crippen molar-refractivity contribution in [3.05, 3.63) is 122 Å². The maximum absolute atomic E-state index is 15.3. The molecule has 0 radical (unpaired) electrons. The molecule has 10 nitrogen and oxygen atoms in total. The lowest BCUT2D eigenvalue weighted by Gasteiger charge is -2.50. The van der Waals surface area contributed by atoms with Crippen molar-refractivity contribution in [2.24, 2.45) is 23.7 Å². The lowest BCUT2D eigenvalue weighted by Crippen LogP contribution is -2.53. The van der Waals surface area contributed by atoms with E-state index in [0.717, 1.165) is 4.90 Å². The van der Waals surface area contributed by atoms with E-state index in [-0.39, 0.29) is 29.9 Å². The van der Waals surface area contributed by atoms with Crippen molar-refractivity contribution in [1.82, 2.24) is 9.99 Å². The number of ether oxygens (including phenoxy) is 1. The van der Waals surface area contributed by atoms with Gasteiger partial charge in [-0.25, -0.2) is 4.98 Å². The first-order valence-electron chi connectivity index (χ1n) is 17.0. The van der Waals surface area contributed by atoms with Crippen LogP contribution in [-0.4, -0.2) is 45.8 Å². The SMILES string of the molecule is COc1cccc([C@H]2C3=CC[C@@H]4C(=O)N(c5ccc(Cl)cc5)C(=O)[C@@H]4[C@@H]3C[C@H]3C(=O)N(Nc4ncc(C(F)(F)F)cc4Cl)C(=O)[C@@]23c2ccc(Cl)cc2)c1O. The summed E-state index contributed by atoms with van der Waals surface area (Å²) in [6.45, 7) is 0. The number of allylic oxidation sites excluding steroid dienone is 2. The molecule has 55 heavy (non-hydrogen) atoms. The smallest absolute Gasteiger partial charge is 0.417 e. The van der Waals surface area contributed by atoms with Crippen molar-refractivity contribution in [3.8, 4) is 11.5 Å². The van der Waals surface area contributed by atoms with Crippen LogP contribution < -0.4 is 15.1 Å². The van der Waals surface area contributed by atoms with Crippen LogP contribution in [0.4, 0.5) is 24.7 Å². The van der Waals surface area contributed by atoms with Gasteiger partial charge >= 0.3 is 6.18 Å². The third-order valence-electron chi connectivity index (χ3n) is 11.2. The number of aromatic nitrogens is 1. The Kier molecular flexibility index (Phi) is 8.90. The number of fused-ring (bicyclic) bond motifs is 4. The molecule has 6 atom stereocenters. The number of anilines is 2. The first kappa shape index (κ1) is 36.8. The van der Waals surface area contributed by atoms with Crippen molar-refractivity contribution in [2.75, 3.05) is 17.4 Å². The van der Waals surface area contributed by atoms with Gasteiger partial charge in [0, 0.05) is 27.7 Å². The number of imide groups is 2. The highest BCUT2D eigenvalue weighted by Gasteiger charge is 2.71. The Balaban J connectivity index is 1.32. The number of carbonyl (C=O) groups is 4. The highest BCUT2D eigenvalue weighted by atomic mass is 35.5. The van der Waals surface area contributed by atoms with Crippen LogP contribution in [0.25, 0.3) is 0 Å². The van der Waals surface area contributed by atoms with Gasteiger partial charge in [-0.05, 0) is 72.9 Å². The molecule has 4 aromatic rings. The van der Waals surface area contributed by atoms with E-state index in [2.05, 4.69) is 10.4 Å². The fourth-order valence-corrected chi connectivity index (χ4v) is 9.37. The van der Waals surface area contributed by atoms with Crippen LogP contribution in [-0.2, 0) is 30.8 Å². The number of pyridine rings is 1. The number of nitrogens with one attached hydrogen (secondary N) is 1. The summed E-state index contributed by atoms with van der Waals surface area (Å²) in [6, 6.07) is 17.9. The molecule has 16 heteroatoms. The molecule has 3 fully saturated rings. The molecular weight excluding hydrogens is 784 g/mol. The van der Waals surface area contributed by atoms with Gasteiger partial charge in [0.25, 0.3) is 11.8 Å². The number of nitrogens with zero attached hydrogens (tertiary/aromatic N) is 3. The van der Waals surface area contributed by atoms with Gasteiger partial charge in [-0.2, -0.15) is 18.2 Å². The molecule has 2 saturated heterocycles. The molecule has 3 aromatic carbocycles. The summed E-state index contributed by atoms with van der Waals surface area (Å²) >= 11 is 18.7. The first-order valence-corrected chi connectivity index (χ1v) is 18.1. The number of hydrazine groups is 1. The number of hydrogen-bond donors (Lipinski definition) is 2. The number of benzene rings is 3. The van der Waals surface area contributed by atoms with E-state index in [1.165, 1.54) is 13.2 Å². The molecule has 1 aromatic heterocycles. The van der Waals surface area contributed by atoms with Gasteiger partial charge in [-0.1, -0.05) is 70.7 Å². The topological polar surface area (TPSA) is 129 Å². The van der Waals surface area contributed by atoms with Crippen molar-refractivity contribution in [3.63, 3.8) is 0 Å². The molecule has 2 aliphatic carbocycles. The lowest BCUT2D eigenvalue weighted by molar-refractivity contribution is -0.139. The molecule has 3 heterocycles. The number of amides is 4. The fourth-order valence-electron chi connectivity index (χ4n) is 8.91. The van der Waals surface area contributed by atoms with Gasteiger partial charge in [0.05, 0.1) is 46.6 Å².